The Morgan fingerprint density at radius 2 is 1.76 bits per heavy atom. The second-order valence-corrected chi connectivity index (χ2v) is 12.0. The second kappa shape index (κ2) is 7.95. The van der Waals surface area contributed by atoms with Gasteiger partial charge in [-0.05, 0) is 23.8 Å². The lowest BCUT2D eigenvalue weighted by atomic mass is 9.78. The van der Waals surface area contributed by atoms with Crippen LogP contribution in [0.3, 0.4) is 0 Å². The van der Waals surface area contributed by atoms with E-state index in [9.17, 15) is 21.6 Å². The van der Waals surface area contributed by atoms with E-state index in [0.717, 1.165) is 5.56 Å². The molecule has 0 aliphatic carbocycles. The molecule has 0 spiro atoms. The zero-order valence-corrected chi connectivity index (χ0v) is 18.6. The first-order valence-corrected chi connectivity index (χ1v) is 12.8. The van der Waals surface area contributed by atoms with Gasteiger partial charge in [0.1, 0.15) is 0 Å². The quantitative estimate of drug-likeness (QED) is 0.646. The van der Waals surface area contributed by atoms with Gasteiger partial charge in [0.05, 0.1) is 11.2 Å². The summed E-state index contributed by atoms with van der Waals surface area (Å²) in [6, 6.07) is 4.75. The van der Waals surface area contributed by atoms with Crippen LogP contribution in [0.1, 0.15) is 25.8 Å². The fourth-order valence-electron chi connectivity index (χ4n) is 3.76. The van der Waals surface area contributed by atoms with E-state index in [4.69, 9.17) is 0 Å². The smallest absolute Gasteiger partial charge is 0.240 e. The molecule has 2 aliphatic heterocycles. The van der Waals surface area contributed by atoms with Crippen molar-refractivity contribution in [3.8, 4) is 0 Å². The summed E-state index contributed by atoms with van der Waals surface area (Å²) in [5, 5.41) is 2.79. The topological polar surface area (TPSA) is 116 Å². The van der Waals surface area contributed by atoms with E-state index < -0.39 is 25.5 Å². The highest BCUT2D eigenvalue weighted by Crippen LogP contribution is 2.38. The van der Waals surface area contributed by atoms with Crippen LogP contribution in [0.4, 0.5) is 5.69 Å². The number of carbonyl (C=O) groups excluding carboxylic acids is 1. The average molecular weight is 445 g/mol. The fourth-order valence-corrected chi connectivity index (χ4v) is 5.63. The minimum Gasteiger partial charge on any atom is -0.326 e. The Morgan fingerprint density at radius 3 is 2.38 bits per heavy atom. The van der Waals surface area contributed by atoms with Crippen LogP contribution in [-0.4, -0.2) is 77.5 Å². The van der Waals surface area contributed by atoms with Crippen LogP contribution in [-0.2, 0) is 30.3 Å². The summed E-state index contributed by atoms with van der Waals surface area (Å²) >= 11 is 0. The Hall–Kier alpha value is -1.53. The first-order chi connectivity index (χ1) is 13.4. The molecular weight excluding hydrogens is 416 g/mol. The van der Waals surface area contributed by atoms with Gasteiger partial charge in [-0.25, -0.2) is 21.6 Å². The highest BCUT2D eigenvalue weighted by molar-refractivity contribution is 7.89. The number of rotatable bonds is 6. The van der Waals surface area contributed by atoms with Crippen LogP contribution in [0.5, 0.6) is 0 Å². The molecule has 2 N–H and O–H groups in total. The van der Waals surface area contributed by atoms with Crippen LogP contribution in [0.15, 0.2) is 23.1 Å². The van der Waals surface area contributed by atoms with Crippen molar-refractivity contribution in [2.24, 2.45) is 0 Å². The van der Waals surface area contributed by atoms with Gasteiger partial charge in [0.2, 0.25) is 26.0 Å². The maximum atomic E-state index is 12.7. The Balaban J connectivity index is 1.61. The number of nitrogens with one attached hydrogen (secondary N) is 2. The van der Waals surface area contributed by atoms with Gasteiger partial charge in [0, 0.05) is 56.8 Å². The minimum absolute atomic E-state index is 0.0767. The summed E-state index contributed by atoms with van der Waals surface area (Å²) < 4.78 is 52.6. The maximum absolute atomic E-state index is 12.7. The van der Waals surface area contributed by atoms with E-state index in [1.165, 1.54) is 16.6 Å². The highest BCUT2D eigenvalue weighted by atomic mass is 32.2. The Morgan fingerprint density at radius 1 is 1.10 bits per heavy atom. The predicted octanol–water partition coefficient (Wildman–Crippen LogP) is 0.162. The Bertz CT molecular complexity index is 997. The molecule has 1 aromatic carbocycles. The van der Waals surface area contributed by atoms with E-state index in [0.29, 0.717) is 44.8 Å². The molecule has 0 saturated carbocycles. The molecule has 0 bridgehead atoms. The number of hydrogen-bond acceptors (Lipinski definition) is 6. The van der Waals surface area contributed by atoms with Gasteiger partial charge < -0.3 is 5.32 Å². The molecule has 1 amide bonds. The molecule has 29 heavy (non-hydrogen) atoms. The number of benzene rings is 1. The number of hydrogen-bond donors (Lipinski definition) is 2. The van der Waals surface area contributed by atoms with Crippen molar-refractivity contribution >= 4 is 31.6 Å². The predicted molar refractivity (Wildman–Crippen MR) is 111 cm³/mol. The molecule has 2 aliphatic rings. The van der Waals surface area contributed by atoms with E-state index >= 15 is 0 Å². The van der Waals surface area contributed by atoms with Gasteiger partial charge >= 0.3 is 0 Å². The molecule has 1 saturated heterocycles. The molecule has 1 fully saturated rings. The standard InChI is InChI=1S/C18H28N4O5S2/c1-18(2)13-17(23)20-16-5-4-14(12-15(16)18)29(26,27)19-6-7-21-8-10-22(11-9-21)28(3,24)25/h4-5,12,19H,6-11,13H2,1-3H3,(H,20,23). The third kappa shape index (κ3) is 5.15. The van der Waals surface area contributed by atoms with E-state index in [-0.39, 0.29) is 17.3 Å². The third-order valence-corrected chi connectivity index (χ3v) is 8.19. The van der Waals surface area contributed by atoms with Crippen LogP contribution >= 0.6 is 0 Å². The van der Waals surface area contributed by atoms with Crippen molar-refractivity contribution in [3.63, 3.8) is 0 Å². The van der Waals surface area contributed by atoms with Crippen molar-refractivity contribution < 1.29 is 21.6 Å². The Kier molecular flexibility index (Phi) is 6.08. The summed E-state index contributed by atoms with van der Waals surface area (Å²) in [5.41, 5.74) is 1.01. The summed E-state index contributed by atoms with van der Waals surface area (Å²) in [5.74, 6) is -0.0767. The number of carbonyl (C=O) groups is 1. The number of fused-ring (bicyclic) bond motifs is 1. The van der Waals surface area contributed by atoms with Crippen LogP contribution in [0, 0.1) is 0 Å². The molecule has 9 nitrogen and oxygen atoms in total. The largest absolute Gasteiger partial charge is 0.326 e. The molecule has 0 aromatic heterocycles. The minimum atomic E-state index is -3.69. The average Bonchev–Trinajstić information content (AvgIpc) is 2.60. The fraction of sp³-hybridized carbons (Fsp3) is 0.611. The maximum Gasteiger partial charge on any atom is 0.240 e. The van der Waals surface area contributed by atoms with E-state index in [1.807, 2.05) is 18.7 Å². The van der Waals surface area contributed by atoms with Crippen LogP contribution in [0.2, 0.25) is 0 Å². The van der Waals surface area contributed by atoms with Crippen molar-refractivity contribution in [1.29, 1.82) is 0 Å². The lowest BCUT2D eigenvalue weighted by Gasteiger charge is -2.33. The zero-order valence-electron chi connectivity index (χ0n) is 16.9. The molecule has 11 heteroatoms. The normalized spacial score (nSPS) is 20.9. The third-order valence-electron chi connectivity index (χ3n) is 5.43. The monoisotopic (exact) mass is 444 g/mol. The van der Waals surface area contributed by atoms with Crippen molar-refractivity contribution in [1.82, 2.24) is 13.9 Å². The number of sulfonamides is 2. The number of nitrogens with zero attached hydrogens (tertiary/aromatic N) is 2. The summed E-state index contributed by atoms with van der Waals surface area (Å²) in [6.07, 6.45) is 1.50. The van der Waals surface area contributed by atoms with Crippen LogP contribution < -0.4 is 10.0 Å². The van der Waals surface area contributed by atoms with Crippen molar-refractivity contribution in [2.45, 2.75) is 30.6 Å². The van der Waals surface area contributed by atoms with Gasteiger partial charge in [0.15, 0.2) is 0 Å². The van der Waals surface area contributed by atoms with Crippen molar-refractivity contribution in [3.05, 3.63) is 23.8 Å². The van der Waals surface area contributed by atoms with Gasteiger partial charge in [-0.3, -0.25) is 9.69 Å². The molecule has 162 valence electrons. The highest BCUT2D eigenvalue weighted by Gasteiger charge is 2.33. The summed E-state index contributed by atoms with van der Waals surface area (Å²) in [7, 11) is -6.87. The summed E-state index contributed by atoms with van der Waals surface area (Å²) in [4.78, 5) is 14.0. The second-order valence-electron chi connectivity index (χ2n) is 8.22. The zero-order chi connectivity index (χ0) is 21.4. The molecule has 0 unspecified atom stereocenters. The number of anilines is 1. The SMILES string of the molecule is CC1(C)CC(=O)Nc2ccc(S(=O)(=O)NCCN3CCN(S(C)(=O)=O)CC3)cc21. The summed E-state index contributed by atoms with van der Waals surface area (Å²) in [6.45, 7) is 6.55. The van der Waals surface area contributed by atoms with E-state index in [2.05, 4.69) is 10.0 Å². The van der Waals surface area contributed by atoms with E-state index in [1.54, 1.807) is 12.1 Å². The number of amides is 1. The molecule has 3 rings (SSSR count). The van der Waals surface area contributed by atoms with Gasteiger partial charge in [-0.15, -0.1) is 0 Å². The molecule has 0 radical (unpaired) electrons. The lowest BCUT2D eigenvalue weighted by Crippen LogP contribution is -2.49. The molecular formula is C18H28N4O5S2. The Labute approximate surface area is 172 Å². The molecule has 1 aromatic rings. The molecule has 0 atom stereocenters. The molecule has 2 heterocycles. The first kappa shape index (κ1) is 22.2. The van der Waals surface area contributed by atoms with Gasteiger partial charge in [-0.2, -0.15) is 4.31 Å². The lowest BCUT2D eigenvalue weighted by molar-refractivity contribution is -0.117. The van der Waals surface area contributed by atoms with Crippen LogP contribution in [0.25, 0.3) is 0 Å². The first-order valence-electron chi connectivity index (χ1n) is 9.50. The number of piperazine rings is 1. The van der Waals surface area contributed by atoms with Crippen molar-refractivity contribution in [2.75, 3.05) is 50.8 Å². The van der Waals surface area contributed by atoms with Gasteiger partial charge in [-0.1, -0.05) is 13.8 Å². The van der Waals surface area contributed by atoms with Gasteiger partial charge in [0.25, 0.3) is 0 Å².